The third kappa shape index (κ3) is 6.84. The van der Waals surface area contributed by atoms with Crippen LogP contribution >= 0.6 is 0 Å². The van der Waals surface area contributed by atoms with Crippen molar-refractivity contribution in [2.75, 3.05) is 20.3 Å². The highest BCUT2D eigenvalue weighted by Crippen LogP contribution is 2.36. The first-order valence-electron chi connectivity index (χ1n) is 11.9. The fourth-order valence-corrected chi connectivity index (χ4v) is 4.30. The van der Waals surface area contributed by atoms with Crippen molar-refractivity contribution < 1.29 is 28.8 Å². The molecule has 0 aromatic heterocycles. The molecule has 4 rings (SSSR count). The molecule has 35 heavy (non-hydrogen) atoms. The maximum Gasteiger partial charge on any atom is 0.312 e. The van der Waals surface area contributed by atoms with Crippen LogP contribution in [0.4, 0.5) is 0 Å². The van der Waals surface area contributed by atoms with Crippen molar-refractivity contribution in [2.24, 2.45) is 5.92 Å². The van der Waals surface area contributed by atoms with E-state index >= 15 is 0 Å². The third-order valence-corrected chi connectivity index (χ3v) is 6.29. The molecule has 0 saturated carbocycles. The van der Waals surface area contributed by atoms with Crippen LogP contribution in [-0.4, -0.2) is 43.1 Å². The lowest BCUT2D eigenvalue weighted by Crippen LogP contribution is -2.41. The van der Waals surface area contributed by atoms with Crippen LogP contribution in [-0.2, 0) is 27.3 Å². The molecule has 1 fully saturated rings. The van der Waals surface area contributed by atoms with E-state index in [4.69, 9.17) is 18.9 Å². The molecule has 0 amide bonds. The molecule has 0 bridgehead atoms. The number of ether oxygens (including phenoxy) is 4. The molecule has 6 heteroatoms. The van der Waals surface area contributed by atoms with Gasteiger partial charge in [-0.1, -0.05) is 60.7 Å². The van der Waals surface area contributed by atoms with E-state index in [0.717, 1.165) is 16.9 Å². The Hall–Kier alpha value is -3.35. The highest BCUT2D eigenvalue weighted by Gasteiger charge is 2.50. The van der Waals surface area contributed by atoms with Gasteiger partial charge in [-0.15, -0.1) is 0 Å². The van der Waals surface area contributed by atoms with Crippen LogP contribution in [0, 0.1) is 5.92 Å². The number of esters is 1. The van der Waals surface area contributed by atoms with Gasteiger partial charge in [-0.25, -0.2) is 0 Å². The molecule has 3 unspecified atom stereocenters. The predicted octanol–water partition coefficient (Wildman–Crippen LogP) is 4.59. The quantitative estimate of drug-likeness (QED) is 0.386. The summed E-state index contributed by atoms with van der Waals surface area (Å²) in [5.41, 5.74) is 1.17. The first-order chi connectivity index (χ1) is 17.1. The molecule has 1 N–H and O–H groups in total. The molecule has 6 nitrogen and oxygen atoms in total. The summed E-state index contributed by atoms with van der Waals surface area (Å²) in [6.07, 6.45) is 0.683. The van der Waals surface area contributed by atoms with Gasteiger partial charge in [0.05, 0.1) is 32.3 Å². The summed E-state index contributed by atoms with van der Waals surface area (Å²) in [6, 6.07) is 27.0. The fourth-order valence-electron chi connectivity index (χ4n) is 4.30. The Morgan fingerprint density at radius 1 is 0.914 bits per heavy atom. The molecule has 1 saturated heterocycles. The van der Waals surface area contributed by atoms with Gasteiger partial charge >= 0.3 is 5.97 Å². The van der Waals surface area contributed by atoms with Gasteiger partial charge in [-0.3, -0.25) is 4.79 Å². The molecule has 0 spiro atoms. The van der Waals surface area contributed by atoms with Crippen molar-refractivity contribution in [3.63, 3.8) is 0 Å². The number of cyclic esters (lactones) is 1. The summed E-state index contributed by atoms with van der Waals surface area (Å²) in [4.78, 5) is 12.9. The molecular formula is C29H32O6. The number of benzene rings is 3. The molecule has 3 aromatic carbocycles. The van der Waals surface area contributed by atoms with Gasteiger partial charge in [0, 0.05) is 6.42 Å². The second-order valence-electron chi connectivity index (χ2n) is 8.95. The van der Waals surface area contributed by atoms with Crippen LogP contribution in [0.1, 0.15) is 24.0 Å². The molecule has 184 valence electrons. The Morgan fingerprint density at radius 2 is 1.54 bits per heavy atom. The van der Waals surface area contributed by atoms with Gasteiger partial charge in [0.1, 0.15) is 18.1 Å². The Bertz CT molecular complexity index is 1050. The zero-order valence-corrected chi connectivity index (χ0v) is 20.0. The number of hydrogen-bond acceptors (Lipinski definition) is 6. The second-order valence-corrected chi connectivity index (χ2v) is 8.95. The molecule has 1 aliphatic heterocycles. The van der Waals surface area contributed by atoms with Crippen LogP contribution in [0.5, 0.6) is 11.5 Å². The Kier molecular flexibility index (Phi) is 8.40. The maximum atomic E-state index is 12.9. The average molecular weight is 477 g/mol. The largest absolute Gasteiger partial charge is 0.497 e. The van der Waals surface area contributed by atoms with Crippen LogP contribution in [0.15, 0.2) is 84.9 Å². The van der Waals surface area contributed by atoms with Crippen LogP contribution in [0.25, 0.3) is 0 Å². The minimum absolute atomic E-state index is 0.127. The van der Waals surface area contributed by atoms with Gasteiger partial charge in [-0.2, -0.15) is 0 Å². The lowest BCUT2D eigenvalue weighted by molar-refractivity contribution is -0.160. The van der Waals surface area contributed by atoms with E-state index in [9.17, 15) is 9.90 Å². The van der Waals surface area contributed by atoms with Crippen molar-refractivity contribution in [1.29, 1.82) is 0 Å². The van der Waals surface area contributed by atoms with Crippen molar-refractivity contribution in [1.82, 2.24) is 0 Å². The van der Waals surface area contributed by atoms with Crippen molar-refractivity contribution in [3.8, 4) is 11.5 Å². The average Bonchev–Trinajstić information content (AvgIpc) is 3.24. The van der Waals surface area contributed by atoms with Gasteiger partial charge < -0.3 is 24.1 Å². The monoisotopic (exact) mass is 476 g/mol. The van der Waals surface area contributed by atoms with Crippen molar-refractivity contribution >= 4 is 5.97 Å². The molecular weight excluding hydrogens is 444 g/mol. The molecule has 1 heterocycles. The third-order valence-electron chi connectivity index (χ3n) is 6.29. The Morgan fingerprint density at radius 3 is 2.20 bits per heavy atom. The summed E-state index contributed by atoms with van der Waals surface area (Å²) >= 11 is 0. The van der Waals surface area contributed by atoms with Gasteiger partial charge in [0.15, 0.2) is 5.60 Å². The Balaban J connectivity index is 1.41. The number of aryl methyl sites for hydroxylation is 1. The lowest BCUT2D eigenvalue weighted by atomic mass is 9.88. The van der Waals surface area contributed by atoms with Crippen LogP contribution in [0.3, 0.4) is 0 Å². The van der Waals surface area contributed by atoms with Gasteiger partial charge in [-0.05, 0) is 48.2 Å². The lowest BCUT2D eigenvalue weighted by Gasteiger charge is -2.28. The number of rotatable bonds is 12. The maximum absolute atomic E-state index is 12.9. The number of carbonyl (C=O) groups is 1. The highest BCUT2D eigenvalue weighted by molar-refractivity contribution is 5.76. The summed E-state index contributed by atoms with van der Waals surface area (Å²) in [5, 5.41) is 10.9. The smallest absolute Gasteiger partial charge is 0.312 e. The molecule has 1 aliphatic rings. The van der Waals surface area contributed by atoms with Crippen LogP contribution < -0.4 is 9.47 Å². The zero-order chi connectivity index (χ0) is 24.5. The minimum atomic E-state index is -0.982. The second kappa shape index (κ2) is 11.9. The first kappa shape index (κ1) is 24.8. The summed E-state index contributed by atoms with van der Waals surface area (Å²) in [7, 11) is 1.61. The molecule has 3 atom stereocenters. The van der Waals surface area contributed by atoms with Crippen LogP contribution in [0.2, 0.25) is 0 Å². The molecule has 0 aliphatic carbocycles. The van der Waals surface area contributed by atoms with E-state index in [1.54, 1.807) is 19.2 Å². The van der Waals surface area contributed by atoms with E-state index in [-0.39, 0.29) is 13.2 Å². The van der Waals surface area contributed by atoms with E-state index in [0.29, 0.717) is 31.6 Å². The summed E-state index contributed by atoms with van der Waals surface area (Å²) < 4.78 is 23.1. The normalized spacial score (nSPS) is 20.3. The van der Waals surface area contributed by atoms with Crippen molar-refractivity contribution in [3.05, 3.63) is 96.1 Å². The highest BCUT2D eigenvalue weighted by atomic mass is 16.6. The summed E-state index contributed by atoms with van der Waals surface area (Å²) in [6.45, 7) is 0.692. The number of aliphatic hydroxyl groups is 1. The van der Waals surface area contributed by atoms with Gasteiger partial charge in [0.2, 0.25) is 0 Å². The number of carbonyl (C=O) groups excluding carboxylic acids is 1. The molecule has 0 radical (unpaired) electrons. The Labute approximate surface area is 206 Å². The first-order valence-corrected chi connectivity index (χ1v) is 11.9. The SMILES string of the molecule is COc1ccc(OCC2(COCc3ccccc3)CC(C(O)CCc3ccccc3)C(=O)O2)cc1. The minimum Gasteiger partial charge on any atom is -0.497 e. The van der Waals surface area contributed by atoms with E-state index in [1.165, 1.54) is 0 Å². The summed E-state index contributed by atoms with van der Waals surface area (Å²) in [5.74, 6) is 0.329. The van der Waals surface area contributed by atoms with Gasteiger partial charge in [0.25, 0.3) is 0 Å². The zero-order valence-electron chi connectivity index (χ0n) is 20.0. The number of aliphatic hydroxyl groups excluding tert-OH is 1. The van der Waals surface area contributed by atoms with E-state index < -0.39 is 23.6 Å². The van der Waals surface area contributed by atoms with E-state index in [2.05, 4.69) is 0 Å². The molecule has 3 aromatic rings. The predicted molar refractivity (Wildman–Crippen MR) is 132 cm³/mol. The fraction of sp³-hybridized carbons (Fsp3) is 0.345. The number of hydrogen-bond donors (Lipinski definition) is 1. The topological polar surface area (TPSA) is 74.2 Å². The number of methoxy groups -OCH3 is 1. The van der Waals surface area contributed by atoms with E-state index in [1.807, 2.05) is 72.8 Å². The standard InChI is InChI=1S/C29H32O6/c1-32-24-13-15-25(16-14-24)34-21-29(20-33-19-23-10-6-3-7-11-23)18-26(28(31)35-29)27(30)17-12-22-8-4-2-5-9-22/h2-11,13-16,26-27,30H,12,17-21H2,1H3. The van der Waals surface area contributed by atoms with Crippen molar-refractivity contribution in [2.45, 2.75) is 37.6 Å².